The first-order chi connectivity index (χ1) is 10.0. The minimum atomic E-state index is -0.342. The van der Waals surface area contributed by atoms with E-state index in [1.54, 1.807) is 12.1 Å². The maximum Gasteiger partial charge on any atom is 0.141 e. The van der Waals surface area contributed by atoms with Crippen LogP contribution in [0.2, 0.25) is 0 Å². The van der Waals surface area contributed by atoms with Gasteiger partial charge in [0.05, 0.1) is 4.47 Å². The lowest BCUT2D eigenvalue weighted by molar-refractivity contribution is 0.458. The van der Waals surface area contributed by atoms with Crippen LogP contribution >= 0.6 is 31.9 Å². The Morgan fingerprint density at radius 1 is 1.19 bits per heavy atom. The zero-order chi connectivity index (χ0) is 15.4. The van der Waals surface area contributed by atoms with Crippen molar-refractivity contribution in [3.63, 3.8) is 0 Å². The summed E-state index contributed by atoms with van der Waals surface area (Å²) in [5.74, 6) is 0.849. The van der Waals surface area contributed by atoms with E-state index in [9.17, 15) is 4.39 Å². The number of hydrogen-bond acceptors (Lipinski definition) is 2. The quantitative estimate of drug-likeness (QED) is 0.663. The molecule has 0 saturated heterocycles. The molecule has 0 aromatic heterocycles. The summed E-state index contributed by atoms with van der Waals surface area (Å²) in [6, 6.07) is 10.7. The number of hydrogen-bond donors (Lipinski definition) is 1. The van der Waals surface area contributed by atoms with Gasteiger partial charge in [0.15, 0.2) is 0 Å². The van der Waals surface area contributed by atoms with Crippen molar-refractivity contribution >= 4 is 31.9 Å². The molecule has 0 aliphatic rings. The Kier molecular flexibility index (Phi) is 5.79. The van der Waals surface area contributed by atoms with Gasteiger partial charge in [-0.05, 0) is 59.7 Å². The van der Waals surface area contributed by atoms with Gasteiger partial charge in [-0.3, -0.25) is 0 Å². The molecule has 2 nitrogen and oxygen atoms in total. The Balaban J connectivity index is 2.32. The predicted molar refractivity (Wildman–Crippen MR) is 90.4 cm³/mol. The zero-order valence-electron chi connectivity index (χ0n) is 11.8. The molecule has 0 heterocycles. The van der Waals surface area contributed by atoms with E-state index in [2.05, 4.69) is 51.0 Å². The SMILES string of the molecule is CCNC(C)c1cc(Br)ccc1Oc1ccc(Br)c(F)c1. The van der Waals surface area contributed by atoms with Crippen LogP contribution in [0.25, 0.3) is 0 Å². The molecular weight excluding hydrogens is 401 g/mol. The molecule has 2 aromatic rings. The molecule has 21 heavy (non-hydrogen) atoms. The van der Waals surface area contributed by atoms with Crippen molar-refractivity contribution in [1.29, 1.82) is 0 Å². The van der Waals surface area contributed by atoms with Crippen LogP contribution in [-0.2, 0) is 0 Å². The van der Waals surface area contributed by atoms with Gasteiger partial charge >= 0.3 is 0 Å². The number of ether oxygens (including phenoxy) is 1. The van der Waals surface area contributed by atoms with Gasteiger partial charge in [-0.1, -0.05) is 22.9 Å². The van der Waals surface area contributed by atoms with Crippen LogP contribution < -0.4 is 10.1 Å². The highest BCUT2D eigenvalue weighted by Crippen LogP contribution is 2.33. The highest BCUT2D eigenvalue weighted by molar-refractivity contribution is 9.10. The average Bonchev–Trinajstić information content (AvgIpc) is 2.45. The summed E-state index contributed by atoms with van der Waals surface area (Å²) < 4.78 is 20.8. The molecular formula is C16H16Br2FNO. The van der Waals surface area contributed by atoms with E-state index in [4.69, 9.17) is 4.74 Å². The summed E-state index contributed by atoms with van der Waals surface area (Å²) in [5, 5.41) is 3.35. The van der Waals surface area contributed by atoms with Crippen molar-refractivity contribution in [2.45, 2.75) is 19.9 Å². The molecule has 5 heteroatoms. The van der Waals surface area contributed by atoms with Crippen molar-refractivity contribution in [3.05, 3.63) is 56.7 Å². The predicted octanol–water partition coefficient (Wildman–Crippen LogP) is 5.81. The smallest absolute Gasteiger partial charge is 0.141 e. The van der Waals surface area contributed by atoms with Crippen LogP contribution in [0.3, 0.4) is 0 Å². The van der Waals surface area contributed by atoms with Crippen molar-refractivity contribution in [1.82, 2.24) is 5.32 Å². The van der Waals surface area contributed by atoms with Crippen molar-refractivity contribution in [2.75, 3.05) is 6.54 Å². The first kappa shape index (κ1) is 16.5. The number of benzene rings is 2. The second-order valence-electron chi connectivity index (χ2n) is 4.64. The summed E-state index contributed by atoms with van der Waals surface area (Å²) in [6.07, 6.45) is 0. The number of halogens is 3. The summed E-state index contributed by atoms with van der Waals surface area (Å²) in [7, 11) is 0. The molecule has 1 atom stereocenters. The molecule has 0 aliphatic heterocycles. The Morgan fingerprint density at radius 3 is 2.62 bits per heavy atom. The minimum Gasteiger partial charge on any atom is -0.457 e. The van der Waals surface area contributed by atoms with E-state index >= 15 is 0 Å². The fourth-order valence-electron chi connectivity index (χ4n) is 2.03. The van der Waals surface area contributed by atoms with E-state index in [1.165, 1.54) is 6.07 Å². The van der Waals surface area contributed by atoms with Gasteiger partial charge in [-0.2, -0.15) is 0 Å². The van der Waals surface area contributed by atoms with Crippen LogP contribution in [0.5, 0.6) is 11.5 Å². The minimum absolute atomic E-state index is 0.141. The second-order valence-corrected chi connectivity index (χ2v) is 6.41. The highest BCUT2D eigenvalue weighted by Gasteiger charge is 2.13. The Morgan fingerprint density at radius 2 is 1.95 bits per heavy atom. The van der Waals surface area contributed by atoms with E-state index < -0.39 is 0 Å². The molecule has 0 radical (unpaired) electrons. The van der Waals surface area contributed by atoms with Gasteiger partial charge < -0.3 is 10.1 Å². The van der Waals surface area contributed by atoms with Gasteiger partial charge in [-0.25, -0.2) is 4.39 Å². The molecule has 1 unspecified atom stereocenters. The third-order valence-electron chi connectivity index (χ3n) is 3.07. The lowest BCUT2D eigenvalue weighted by atomic mass is 10.1. The first-order valence-corrected chi connectivity index (χ1v) is 8.25. The van der Waals surface area contributed by atoms with E-state index in [0.29, 0.717) is 16.0 Å². The zero-order valence-corrected chi connectivity index (χ0v) is 15.0. The van der Waals surface area contributed by atoms with Gasteiger partial charge in [0.25, 0.3) is 0 Å². The van der Waals surface area contributed by atoms with Gasteiger partial charge in [0, 0.05) is 22.1 Å². The summed E-state index contributed by atoms with van der Waals surface area (Å²) >= 11 is 6.61. The molecule has 0 bridgehead atoms. The first-order valence-electron chi connectivity index (χ1n) is 6.67. The highest BCUT2D eigenvalue weighted by atomic mass is 79.9. The van der Waals surface area contributed by atoms with Gasteiger partial charge in [0.2, 0.25) is 0 Å². The second kappa shape index (κ2) is 7.38. The van der Waals surface area contributed by atoms with E-state index in [1.807, 2.05) is 18.2 Å². The molecule has 0 aliphatic carbocycles. The molecule has 0 fully saturated rings. The van der Waals surface area contributed by atoms with Crippen molar-refractivity contribution < 1.29 is 9.13 Å². The number of rotatable bonds is 5. The fourth-order valence-corrected chi connectivity index (χ4v) is 2.66. The fraction of sp³-hybridized carbons (Fsp3) is 0.250. The maximum atomic E-state index is 13.6. The maximum absolute atomic E-state index is 13.6. The molecule has 2 rings (SSSR count). The Labute approximate surface area is 141 Å². The van der Waals surface area contributed by atoms with Crippen LogP contribution in [0.1, 0.15) is 25.5 Å². The lowest BCUT2D eigenvalue weighted by Crippen LogP contribution is -2.18. The summed E-state index contributed by atoms with van der Waals surface area (Å²) in [5.41, 5.74) is 1.02. The van der Waals surface area contributed by atoms with Crippen LogP contribution in [0, 0.1) is 5.82 Å². The van der Waals surface area contributed by atoms with Crippen LogP contribution in [-0.4, -0.2) is 6.54 Å². The monoisotopic (exact) mass is 415 g/mol. The normalized spacial score (nSPS) is 12.2. The van der Waals surface area contributed by atoms with Gasteiger partial charge in [0.1, 0.15) is 17.3 Å². The third-order valence-corrected chi connectivity index (χ3v) is 4.20. The Bertz CT molecular complexity index is 634. The number of nitrogens with one attached hydrogen (secondary N) is 1. The molecule has 112 valence electrons. The molecule has 1 N–H and O–H groups in total. The van der Waals surface area contributed by atoms with Crippen LogP contribution in [0.15, 0.2) is 45.3 Å². The molecule has 2 aromatic carbocycles. The summed E-state index contributed by atoms with van der Waals surface area (Å²) in [4.78, 5) is 0. The largest absolute Gasteiger partial charge is 0.457 e. The van der Waals surface area contributed by atoms with Crippen LogP contribution in [0.4, 0.5) is 4.39 Å². The van der Waals surface area contributed by atoms with E-state index in [-0.39, 0.29) is 11.9 Å². The van der Waals surface area contributed by atoms with Crippen molar-refractivity contribution in [2.24, 2.45) is 0 Å². The average molecular weight is 417 g/mol. The summed E-state index contributed by atoms with van der Waals surface area (Å²) in [6.45, 7) is 4.99. The Hall–Kier alpha value is -0.910. The lowest BCUT2D eigenvalue weighted by Gasteiger charge is -2.18. The standard InChI is InChI=1S/C16H16Br2FNO/c1-3-20-10(2)13-8-11(17)4-7-16(13)21-12-5-6-14(18)15(19)9-12/h4-10,20H,3H2,1-2H3. The van der Waals surface area contributed by atoms with E-state index in [0.717, 1.165) is 16.6 Å². The van der Waals surface area contributed by atoms with Crippen molar-refractivity contribution in [3.8, 4) is 11.5 Å². The molecule has 0 saturated carbocycles. The third kappa shape index (κ3) is 4.28. The topological polar surface area (TPSA) is 21.3 Å². The molecule has 0 spiro atoms. The van der Waals surface area contributed by atoms with Gasteiger partial charge in [-0.15, -0.1) is 0 Å². The molecule has 0 amide bonds.